The van der Waals surface area contributed by atoms with Crippen molar-refractivity contribution in [2.45, 2.75) is 12.3 Å². The molecule has 4 rings (SSSR count). The second-order valence-electron chi connectivity index (χ2n) is 6.21. The van der Waals surface area contributed by atoms with E-state index in [1.165, 1.54) is 0 Å². The number of rotatable bonds is 2. The number of nitrogens with one attached hydrogen (secondary N) is 1. The van der Waals surface area contributed by atoms with Gasteiger partial charge < -0.3 is 11.1 Å². The Hall–Kier alpha value is -3.07. The predicted molar refractivity (Wildman–Crippen MR) is 97.0 cm³/mol. The molecule has 1 atom stereocenters. The SMILES string of the molecule is Cc1ccc(N)c(C2(c3ccccc3)C(=O)Nc3ccccc32)c1. The number of hydrogen-bond donors (Lipinski definition) is 2. The summed E-state index contributed by atoms with van der Waals surface area (Å²) in [6, 6.07) is 23.5. The topological polar surface area (TPSA) is 55.1 Å². The minimum atomic E-state index is -0.923. The normalized spacial score (nSPS) is 19.0. The summed E-state index contributed by atoms with van der Waals surface area (Å²) in [5.41, 5.74) is 10.6. The third-order valence-electron chi connectivity index (χ3n) is 4.74. The summed E-state index contributed by atoms with van der Waals surface area (Å²) >= 11 is 0. The van der Waals surface area contributed by atoms with Crippen LogP contribution in [0.3, 0.4) is 0 Å². The van der Waals surface area contributed by atoms with Crippen molar-refractivity contribution in [3.05, 3.63) is 95.1 Å². The molecule has 1 aliphatic rings. The predicted octanol–water partition coefficient (Wildman–Crippen LogP) is 3.86. The number of fused-ring (bicyclic) bond motifs is 1. The van der Waals surface area contributed by atoms with Crippen LogP contribution in [-0.2, 0) is 10.2 Å². The average Bonchev–Trinajstić information content (AvgIpc) is 2.90. The third-order valence-corrected chi connectivity index (χ3v) is 4.74. The van der Waals surface area contributed by atoms with E-state index < -0.39 is 5.41 Å². The van der Waals surface area contributed by atoms with E-state index in [2.05, 4.69) is 5.32 Å². The largest absolute Gasteiger partial charge is 0.398 e. The summed E-state index contributed by atoms with van der Waals surface area (Å²) in [6.07, 6.45) is 0. The molecule has 1 amide bonds. The lowest BCUT2D eigenvalue weighted by Gasteiger charge is -2.30. The van der Waals surface area contributed by atoms with Crippen molar-refractivity contribution < 1.29 is 4.79 Å². The van der Waals surface area contributed by atoms with Crippen molar-refractivity contribution in [3.63, 3.8) is 0 Å². The van der Waals surface area contributed by atoms with Gasteiger partial charge in [0.05, 0.1) is 0 Å². The highest BCUT2D eigenvalue weighted by Gasteiger charge is 2.50. The van der Waals surface area contributed by atoms with Crippen LogP contribution in [0.5, 0.6) is 0 Å². The van der Waals surface area contributed by atoms with E-state index in [1.807, 2.05) is 79.7 Å². The minimum absolute atomic E-state index is 0.0628. The Labute approximate surface area is 141 Å². The maximum absolute atomic E-state index is 13.3. The molecule has 0 fully saturated rings. The van der Waals surface area contributed by atoms with E-state index in [0.717, 1.165) is 27.9 Å². The molecule has 0 bridgehead atoms. The van der Waals surface area contributed by atoms with E-state index in [0.29, 0.717) is 5.69 Å². The Morgan fingerprint density at radius 3 is 2.38 bits per heavy atom. The monoisotopic (exact) mass is 314 g/mol. The van der Waals surface area contributed by atoms with Crippen molar-refractivity contribution in [3.8, 4) is 0 Å². The molecular weight excluding hydrogens is 296 g/mol. The van der Waals surface area contributed by atoms with Crippen LogP contribution >= 0.6 is 0 Å². The second-order valence-corrected chi connectivity index (χ2v) is 6.21. The molecule has 1 heterocycles. The van der Waals surface area contributed by atoms with Gasteiger partial charge in [0, 0.05) is 16.9 Å². The second kappa shape index (κ2) is 5.24. The average molecular weight is 314 g/mol. The highest BCUT2D eigenvalue weighted by molar-refractivity contribution is 6.12. The lowest BCUT2D eigenvalue weighted by Crippen LogP contribution is -2.37. The first-order chi connectivity index (χ1) is 11.6. The molecule has 3 aromatic rings. The number of aryl methyl sites for hydroxylation is 1. The number of anilines is 2. The van der Waals surface area contributed by atoms with Crippen LogP contribution in [0.4, 0.5) is 11.4 Å². The van der Waals surface area contributed by atoms with E-state index in [9.17, 15) is 4.79 Å². The Bertz CT molecular complexity index is 934. The van der Waals surface area contributed by atoms with Crippen molar-refractivity contribution >= 4 is 17.3 Å². The van der Waals surface area contributed by atoms with Gasteiger partial charge in [-0.05, 0) is 30.2 Å². The summed E-state index contributed by atoms with van der Waals surface area (Å²) in [5.74, 6) is -0.0628. The zero-order chi connectivity index (χ0) is 16.7. The van der Waals surface area contributed by atoms with Crippen LogP contribution in [-0.4, -0.2) is 5.91 Å². The molecule has 1 unspecified atom stereocenters. The zero-order valence-electron chi connectivity index (χ0n) is 13.4. The summed E-state index contributed by atoms with van der Waals surface area (Å²) in [6.45, 7) is 2.01. The smallest absolute Gasteiger partial charge is 0.244 e. The van der Waals surface area contributed by atoms with Gasteiger partial charge in [0.2, 0.25) is 5.91 Å². The first-order valence-electron chi connectivity index (χ1n) is 7.97. The molecule has 3 N–H and O–H groups in total. The molecule has 118 valence electrons. The van der Waals surface area contributed by atoms with Gasteiger partial charge in [0.1, 0.15) is 5.41 Å². The highest BCUT2D eigenvalue weighted by atomic mass is 16.2. The fraction of sp³-hybridized carbons (Fsp3) is 0.0952. The molecule has 3 heteroatoms. The molecule has 1 aliphatic heterocycles. The molecule has 3 aromatic carbocycles. The van der Waals surface area contributed by atoms with Gasteiger partial charge in [0.15, 0.2) is 0 Å². The van der Waals surface area contributed by atoms with E-state index in [-0.39, 0.29) is 5.91 Å². The highest BCUT2D eigenvalue weighted by Crippen LogP contribution is 2.49. The van der Waals surface area contributed by atoms with Crippen LogP contribution in [0.1, 0.15) is 22.3 Å². The van der Waals surface area contributed by atoms with Gasteiger partial charge >= 0.3 is 0 Å². The van der Waals surface area contributed by atoms with E-state index in [4.69, 9.17) is 5.73 Å². The molecule has 0 aromatic heterocycles. The fourth-order valence-electron chi connectivity index (χ4n) is 3.65. The first kappa shape index (κ1) is 14.5. The van der Waals surface area contributed by atoms with Crippen LogP contribution < -0.4 is 11.1 Å². The van der Waals surface area contributed by atoms with Crippen LogP contribution in [0.2, 0.25) is 0 Å². The van der Waals surface area contributed by atoms with Gasteiger partial charge in [-0.15, -0.1) is 0 Å². The Balaban J connectivity index is 2.13. The van der Waals surface area contributed by atoms with E-state index >= 15 is 0 Å². The van der Waals surface area contributed by atoms with Crippen molar-refractivity contribution in [2.75, 3.05) is 11.1 Å². The number of para-hydroxylation sites is 1. The first-order valence-corrected chi connectivity index (χ1v) is 7.97. The summed E-state index contributed by atoms with van der Waals surface area (Å²) in [7, 11) is 0. The molecule has 0 aliphatic carbocycles. The molecule has 24 heavy (non-hydrogen) atoms. The number of nitrogens with two attached hydrogens (primary N) is 1. The lowest BCUT2D eigenvalue weighted by atomic mass is 9.69. The molecule has 3 nitrogen and oxygen atoms in total. The van der Waals surface area contributed by atoms with Crippen molar-refractivity contribution in [1.82, 2.24) is 0 Å². The zero-order valence-corrected chi connectivity index (χ0v) is 13.4. The molecule has 0 saturated carbocycles. The molecular formula is C21H18N2O. The number of carbonyl (C=O) groups excluding carboxylic acids is 1. The quantitative estimate of drug-likeness (QED) is 0.706. The van der Waals surface area contributed by atoms with Gasteiger partial charge in [-0.1, -0.05) is 66.2 Å². The Kier molecular flexibility index (Phi) is 3.17. The Morgan fingerprint density at radius 2 is 1.58 bits per heavy atom. The number of carbonyl (C=O) groups is 1. The van der Waals surface area contributed by atoms with Crippen molar-refractivity contribution in [1.29, 1.82) is 0 Å². The van der Waals surface area contributed by atoms with Gasteiger partial charge in [0.25, 0.3) is 0 Å². The number of nitrogen functional groups attached to an aromatic ring is 1. The van der Waals surface area contributed by atoms with Gasteiger partial charge in [-0.2, -0.15) is 0 Å². The van der Waals surface area contributed by atoms with Crippen LogP contribution in [0, 0.1) is 6.92 Å². The maximum Gasteiger partial charge on any atom is 0.244 e. The van der Waals surface area contributed by atoms with Crippen LogP contribution in [0.15, 0.2) is 72.8 Å². The van der Waals surface area contributed by atoms with Gasteiger partial charge in [-0.25, -0.2) is 0 Å². The Morgan fingerprint density at radius 1 is 0.875 bits per heavy atom. The van der Waals surface area contributed by atoms with E-state index in [1.54, 1.807) is 0 Å². The lowest BCUT2D eigenvalue weighted by molar-refractivity contribution is -0.118. The number of hydrogen-bond acceptors (Lipinski definition) is 2. The van der Waals surface area contributed by atoms with Gasteiger partial charge in [-0.3, -0.25) is 4.79 Å². The minimum Gasteiger partial charge on any atom is -0.398 e. The summed E-state index contributed by atoms with van der Waals surface area (Å²) < 4.78 is 0. The molecule has 0 radical (unpaired) electrons. The number of benzene rings is 3. The maximum atomic E-state index is 13.3. The molecule has 0 saturated heterocycles. The summed E-state index contributed by atoms with van der Waals surface area (Å²) in [5, 5.41) is 3.04. The standard InChI is InChI=1S/C21H18N2O/c1-14-11-12-18(22)17(13-14)21(15-7-3-2-4-8-15)16-9-5-6-10-19(16)23-20(21)24/h2-13H,22H2,1H3,(H,23,24). The van der Waals surface area contributed by atoms with Crippen LogP contribution in [0.25, 0.3) is 0 Å². The summed E-state index contributed by atoms with van der Waals surface area (Å²) in [4.78, 5) is 13.3. The third kappa shape index (κ3) is 1.88. The van der Waals surface area contributed by atoms with Crippen molar-refractivity contribution in [2.24, 2.45) is 0 Å². The molecule has 0 spiro atoms. The fourth-order valence-corrected chi connectivity index (χ4v) is 3.65. The number of amides is 1.